The molecule has 0 aliphatic rings. The monoisotopic (exact) mass is 249 g/mol. The molecule has 1 N–H and O–H groups in total. The Morgan fingerprint density at radius 3 is 2.88 bits per heavy atom. The molecular formula is C12H15N3OS. The Balaban J connectivity index is 2.46. The van der Waals surface area contributed by atoms with Crippen molar-refractivity contribution in [3.63, 3.8) is 0 Å². The molecule has 1 amide bonds. The lowest BCUT2D eigenvalue weighted by molar-refractivity contribution is 0.0955. The smallest absolute Gasteiger partial charge is 0.253 e. The second kappa shape index (κ2) is 4.71. The zero-order valence-corrected chi connectivity index (χ0v) is 11.0. The summed E-state index contributed by atoms with van der Waals surface area (Å²) in [6.45, 7) is 6.48. The van der Waals surface area contributed by atoms with Crippen LogP contribution in [0.25, 0.3) is 5.13 Å². The van der Waals surface area contributed by atoms with Crippen molar-refractivity contribution in [2.75, 3.05) is 6.54 Å². The lowest BCUT2D eigenvalue weighted by Crippen LogP contribution is -2.23. The van der Waals surface area contributed by atoms with Crippen molar-refractivity contribution in [3.8, 4) is 5.13 Å². The lowest BCUT2D eigenvalue weighted by Gasteiger charge is -2.05. The number of rotatable bonds is 3. The number of carbonyl (C=O) groups excluding carboxylic acids is 1. The zero-order chi connectivity index (χ0) is 12.4. The molecule has 0 saturated heterocycles. The summed E-state index contributed by atoms with van der Waals surface area (Å²) >= 11 is 1.56. The summed E-state index contributed by atoms with van der Waals surface area (Å²) in [6, 6.07) is 1.90. The maximum Gasteiger partial charge on any atom is 0.253 e. The molecule has 0 unspecified atom stereocenters. The molecule has 0 atom stereocenters. The van der Waals surface area contributed by atoms with E-state index in [0.29, 0.717) is 6.54 Å². The van der Waals surface area contributed by atoms with Crippen LogP contribution in [0, 0.1) is 13.8 Å². The molecule has 2 rings (SSSR count). The normalized spacial score (nSPS) is 10.5. The molecule has 2 heterocycles. The molecule has 2 aromatic heterocycles. The second-order valence-electron chi connectivity index (χ2n) is 3.79. The predicted molar refractivity (Wildman–Crippen MR) is 68.9 cm³/mol. The van der Waals surface area contributed by atoms with E-state index in [9.17, 15) is 4.79 Å². The molecule has 90 valence electrons. The summed E-state index contributed by atoms with van der Waals surface area (Å²) in [6.07, 6.45) is 1.77. The van der Waals surface area contributed by atoms with Gasteiger partial charge in [0.2, 0.25) is 0 Å². The third-order valence-electron chi connectivity index (χ3n) is 2.62. The van der Waals surface area contributed by atoms with Crippen LogP contribution in [-0.2, 0) is 0 Å². The van der Waals surface area contributed by atoms with Gasteiger partial charge in [0.1, 0.15) is 0 Å². The highest BCUT2D eigenvalue weighted by Gasteiger charge is 2.16. The van der Waals surface area contributed by atoms with Crippen molar-refractivity contribution in [3.05, 3.63) is 34.6 Å². The van der Waals surface area contributed by atoms with Crippen molar-refractivity contribution in [1.29, 1.82) is 0 Å². The minimum atomic E-state index is -0.0246. The highest BCUT2D eigenvalue weighted by Crippen LogP contribution is 2.21. The van der Waals surface area contributed by atoms with Crippen LogP contribution in [0.1, 0.15) is 28.7 Å². The summed E-state index contributed by atoms with van der Waals surface area (Å²) in [5, 5.41) is 5.65. The summed E-state index contributed by atoms with van der Waals surface area (Å²) in [7, 11) is 0. The molecule has 0 radical (unpaired) electrons. The minimum Gasteiger partial charge on any atom is -0.352 e. The van der Waals surface area contributed by atoms with Gasteiger partial charge in [-0.2, -0.15) is 0 Å². The number of nitrogens with zero attached hydrogens (tertiary/aromatic N) is 2. The van der Waals surface area contributed by atoms with Gasteiger partial charge < -0.3 is 5.32 Å². The van der Waals surface area contributed by atoms with Crippen LogP contribution < -0.4 is 5.32 Å². The fourth-order valence-electron chi connectivity index (χ4n) is 1.87. The zero-order valence-electron chi connectivity index (χ0n) is 10.2. The van der Waals surface area contributed by atoms with Gasteiger partial charge in [-0.3, -0.25) is 9.36 Å². The fourth-order valence-corrected chi connectivity index (χ4v) is 2.62. The molecule has 2 aromatic rings. The Morgan fingerprint density at radius 2 is 2.29 bits per heavy atom. The molecule has 0 saturated carbocycles. The molecule has 0 aliphatic heterocycles. The van der Waals surface area contributed by atoms with Gasteiger partial charge in [-0.15, -0.1) is 11.3 Å². The van der Waals surface area contributed by atoms with E-state index in [0.717, 1.165) is 22.1 Å². The molecule has 4 nitrogen and oxygen atoms in total. The molecule has 5 heteroatoms. The van der Waals surface area contributed by atoms with Crippen molar-refractivity contribution >= 4 is 17.2 Å². The molecule has 0 fully saturated rings. The van der Waals surface area contributed by atoms with Crippen LogP contribution in [0.15, 0.2) is 17.6 Å². The average Bonchev–Trinajstić information content (AvgIpc) is 2.87. The largest absolute Gasteiger partial charge is 0.352 e. The maximum absolute atomic E-state index is 11.9. The molecule has 0 bridgehead atoms. The third-order valence-corrected chi connectivity index (χ3v) is 3.38. The first kappa shape index (κ1) is 11.9. The fraction of sp³-hybridized carbons (Fsp3) is 0.333. The lowest BCUT2D eigenvalue weighted by atomic mass is 10.2. The van der Waals surface area contributed by atoms with E-state index in [1.165, 1.54) is 0 Å². The van der Waals surface area contributed by atoms with Gasteiger partial charge in [-0.1, -0.05) is 0 Å². The number of amides is 1. The van der Waals surface area contributed by atoms with Crippen molar-refractivity contribution < 1.29 is 4.79 Å². The van der Waals surface area contributed by atoms with Crippen LogP contribution >= 0.6 is 11.3 Å². The number of thiazole rings is 1. The summed E-state index contributed by atoms with van der Waals surface area (Å²) in [5.74, 6) is -0.0246. The number of hydrogen-bond acceptors (Lipinski definition) is 3. The van der Waals surface area contributed by atoms with E-state index in [-0.39, 0.29) is 5.91 Å². The Hall–Kier alpha value is -1.62. The van der Waals surface area contributed by atoms with Crippen molar-refractivity contribution in [2.24, 2.45) is 0 Å². The highest BCUT2D eigenvalue weighted by atomic mass is 32.1. The first-order valence-electron chi connectivity index (χ1n) is 5.52. The van der Waals surface area contributed by atoms with Gasteiger partial charge in [-0.25, -0.2) is 4.98 Å². The van der Waals surface area contributed by atoms with Crippen LogP contribution in [0.5, 0.6) is 0 Å². The predicted octanol–water partition coefficient (Wildman–Crippen LogP) is 2.30. The molecule has 17 heavy (non-hydrogen) atoms. The van der Waals surface area contributed by atoms with Gasteiger partial charge in [0.25, 0.3) is 5.91 Å². The Labute approximate surface area is 104 Å². The van der Waals surface area contributed by atoms with Gasteiger partial charge in [-0.05, 0) is 26.8 Å². The van der Waals surface area contributed by atoms with E-state index < -0.39 is 0 Å². The van der Waals surface area contributed by atoms with E-state index in [2.05, 4.69) is 10.3 Å². The Bertz CT molecular complexity index is 528. The van der Waals surface area contributed by atoms with Crippen LogP contribution in [-0.4, -0.2) is 22.0 Å². The summed E-state index contributed by atoms with van der Waals surface area (Å²) < 4.78 is 2.01. The van der Waals surface area contributed by atoms with Crippen molar-refractivity contribution in [2.45, 2.75) is 20.8 Å². The minimum absolute atomic E-state index is 0.0246. The van der Waals surface area contributed by atoms with E-state index in [1.54, 1.807) is 17.5 Å². The van der Waals surface area contributed by atoms with Gasteiger partial charge >= 0.3 is 0 Å². The first-order valence-corrected chi connectivity index (χ1v) is 6.40. The SMILES string of the molecule is CCNC(=O)c1cc(C)n(-c2nccs2)c1C. The molecular weight excluding hydrogens is 234 g/mol. The number of carbonyl (C=O) groups is 1. The third kappa shape index (κ3) is 2.10. The van der Waals surface area contributed by atoms with E-state index in [1.807, 2.05) is 36.8 Å². The Kier molecular flexibility index (Phi) is 3.28. The van der Waals surface area contributed by atoms with Gasteiger partial charge in [0, 0.05) is 29.5 Å². The maximum atomic E-state index is 11.9. The van der Waals surface area contributed by atoms with Crippen LogP contribution in [0.2, 0.25) is 0 Å². The average molecular weight is 249 g/mol. The Morgan fingerprint density at radius 1 is 1.53 bits per heavy atom. The first-order chi connectivity index (χ1) is 8.15. The molecule has 0 aliphatic carbocycles. The van der Waals surface area contributed by atoms with Crippen LogP contribution in [0.4, 0.5) is 0 Å². The molecule has 0 spiro atoms. The van der Waals surface area contributed by atoms with E-state index >= 15 is 0 Å². The number of aryl methyl sites for hydroxylation is 1. The topological polar surface area (TPSA) is 46.9 Å². The standard InChI is InChI=1S/C12H15N3OS/c1-4-13-11(16)10-7-8(2)15(9(10)3)12-14-5-6-17-12/h5-7H,4H2,1-3H3,(H,13,16). The van der Waals surface area contributed by atoms with Gasteiger partial charge in [0.05, 0.1) is 5.56 Å². The number of hydrogen-bond donors (Lipinski definition) is 1. The van der Waals surface area contributed by atoms with E-state index in [4.69, 9.17) is 0 Å². The summed E-state index contributed by atoms with van der Waals surface area (Å²) in [5.41, 5.74) is 2.68. The van der Waals surface area contributed by atoms with Crippen molar-refractivity contribution in [1.82, 2.24) is 14.9 Å². The summed E-state index contributed by atoms with van der Waals surface area (Å²) in [4.78, 5) is 16.1. The second-order valence-corrected chi connectivity index (χ2v) is 4.67. The number of nitrogens with one attached hydrogen (secondary N) is 1. The molecule has 0 aromatic carbocycles. The quantitative estimate of drug-likeness (QED) is 0.907. The van der Waals surface area contributed by atoms with Gasteiger partial charge in [0.15, 0.2) is 5.13 Å². The highest BCUT2D eigenvalue weighted by molar-refractivity contribution is 7.12. The number of aromatic nitrogens is 2. The van der Waals surface area contributed by atoms with Crippen LogP contribution in [0.3, 0.4) is 0 Å².